The Labute approximate surface area is 130 Å². The molecule has 1 aromatic rings. The van der Waals surface area contributed by atoms with Gasteiger partial charge in [0.05, 0.1) is 12.6 Å². The molecule has 1 aliphatic rings. The number of fused-ring (bicyclic) bond motifs is 1. The fraction of sp³-hybridized carbons (Fsp3) is 0.667. The lowest BCUT2D eigenvalue weighted by atomic mass is 10.1. The minimum Gasteiger partial charge on any atom is -0.383 e. The smallest absolute Gasteiger partial charge is 0.315 e. The van der Waals surface area contributed by atoms with Crippen molar-refractivity contribution in [3.05, 3.63) is 21.9 Å². The second-order valence-corrected chi connectivity index (χ2v) is 6.65. The van der Waals surface area contributed by atoms with Crippen LogP contribution in [0.5, 0.6) is 0 Å². The van der Waals surface area contributed by atoms with Gasteiger partial charge in [0.15, 0.2) is 0 Å². The van der Waals surface area contributed by atoms with E-state index < -0.39 is 0 Å². The first-order chi connectivity index (χ1) is 10.1. The van der Waals surface area contributed by atoms with Crippen LogP contribution in [-0.2, 0) is 17.7 Å². The van der Waals surface area contributed by atoms with E-state index in [4.69, 9.17) is 4.74 Å². The van der Waals surface area contributed by atoms with Gasteiger partial charge in [0.25, 0.3) is 0 Å². The van der Waals surface area contributed by atoms with Crippen molar-refractivity contribution in [2.75, 3.05) is 26.8 Å². The normalized spacial score (nSPS) is 17.9. The maximum absolute atomic E-state index is 11.8. The van der Waals surface area contributed by atoms with E-state index in [9.17, 15) is 4.79 Å². The fourth-order valence-corrected chi connectivity index (χ4v) is 3.47. The molecule has 0 unspecified atom stereocenters. The van der Waals surface area contributed by atoms with E-state index in [0.717, 1.165) is 19.5 Å². The molecule has 0 aromatic carbocycles. The number of thiophene rings is 1. The summed E-state index contributed by atoms with van der Waals surface area (Å²) in [5, 5.41) is 7.97. The fourth-order valence-electron chi connectivity index (χ4n) is 2.58. The van der Waals surface area contributed by atoms with Gasteiger partial charge in [-0.2, -0.15) is 0 Å². The Morgan fingerprint density at radius 3 is 3.10 bits per heavy atom. The van der Waals surface area contributed by atoms with Gasteiger partial charge in [0.2, 0.25) is 0 Å². The zero-order chi connectivity index (χ0) is 15.2. The topological polar surface area (TPSA) is 53.6 Å². The second kappa shape index (κ2) is 7.77. The molecule has 0 saturated heterocycles. The SMILES string of the molecule is COC[C@@H](C)NC(=O)NC[C@@H](C)N1CCc2sccc2C1. The summed E-state index contributed by atoms with van der Waals surface area (Å²) >= 11 is 1.85. The summed E-state index contributed by atoms with van der Waals surface area (Å²) in [4.78, 5) is 15.7. The van der Waals surface area contributed by atoms with Crippen molar-refractivity contribution in [3.8, 4) is 0 Å². The summed E-state index contributed by atoms with van der Waals surface area (Å²) < 4.78 is 5.00. The second-order valence-electron chi connectivity index (χ2n) is 5.65. The van der Waals surface area contributed by atoms with Gasteiger partial charge in [-0.1, -0.05) is 0 Å². The van der Waals surface area contributed by atoms with Gasteiger partial charge in [-0.25, -0.2) is 4.79 Å². The van der Waals surface area contributed by atoms with E-state index in [1.54, 1.807) is 7.11 Å². The molecule has 2 heterocycles. The highest BCUT2D eigenvalue weighted by molar-refractivity contribution is 7.10. The summed E-state index contributed by atoms with van der Waals surface area (Å²) in [6, 6.07) is 2.45. The highest BCUT2D eigenvalue weighted by Crippen LogP contribution is 2.24. The van der Waals surface area contributed by atoms with E-state index in [-0.39, 0.29) is 12.1 Å². The predicted octanol–water partition coefficient (Wildman–Crippen LogP) is 1.83. The maximum atomic E-state index is 11.8. The molecule has 1 aliphatic heterocycles. The van der Waals surface area contributed by atoms with E-state index >= 15 is 0 Å². The number of nitrogens with one attached hydrogen (secondary N) is 2. The molecular formula is C15H25N3O2S. The van der Waals surface area contributed by atoms with Crippen LogP contribution in [0.1, 0.15) is 24.3 Å². The molecule has 6 heteroatoms. The highest BCUT2D eigenvalue weighted by atomic mass is 32.1. The molecule has 21 heavy (non-hydrogen) atoms. The highest BCUT2D eigenvalue weighted by Gasteiger charge is 2.21. The minimum absolute atomic E-state index is 0.0219. The van der Waals surface area contributed by atoms with Gasteiger partial charge in [-0.3, -0.25) is 4.90 Å². The summed E-state index contributed by atoms with van der Waals surface area (Å²) in [5.74, 6) is 0. The van der Waals surface area contributed by atoms with Gasteiger partial charge >= 0.3 is 6.03 Å². The number of nitrogens with zero attached hydrogens (tertiary/aromatic N) is 1. The molecule has 2 N–H and O–H groups in total. The zero-order valence-electron chi connectivity index (χ0n) is 13.0. The van der Waals surface area contributed by atoms with Crippen LogP contribution in [0.4, 0.5) is 4.79 Å². The van der Waals surface area contributed by atoms with E-state index in [1.165, 1.54) is 10.4 Å². The molecule has 2 amide bonds. The van der Waals surface area contributed by atoms with Crippen molar-refractivity contribution < 1.29 is 9.53 Å². The summed E-state index contributed by atoms with van der Waals surface area (Å²) in [6.45, 7) is 7.33. The number of urea groups is 1. The average Bonchev–Trinajstić information content (AvgIpc) is 2.92. The monoisotopic (exact) mass is 311 g/mol. The van der Waals surface area contributed by atoms with Crippen LogP contribution in [-0.4, -0.2) is 49.8 Å². The van der Waals surface area contributed by atoms with E-state index in [1.807, 2.05) is 18.3 Å². The first-order valence-corrected chi connectivity index (χ1v) is 8.30. The van der Waals surface area contributed by atoms with Crippen LogP contribution in [0.25, 0.3) is 0 Å². The number of hydrogen-bond donors (Lipinski definition) is 2. The number of methoxy groups -OCH3 is 1. The van der Waals surface area contributed by atoms with Gasteiger partial charge in [0.1, 0.15) is 0 Å². The first kappa shape index (κ1) is 16.3. The van der Waals surface area contributed by atoms with Crippen LogP contribution in [0, 0.1) is 0 Å². The summed E-state index contributed by atoms with van der Waals surface area (Å²) in [7, 11) is 1.63. The van der Waals surface area contributed by atoms with Crippen LogP contribution in [0.3, 0.4) is 0 Å². The Kier molecular flexibility index (Phi) is 6.02. The van der Waals surface area contributed by atoms with Crippen LogP contribution < -0.4 is 10.6 Å². The van der Waals surface area contributed by atoms with Crippen molar-refractivity contribution in [2.45, 2.75) is 38.9 Å². The van der Waals surface area contributed by atoms with E-state index in [0.29, 0.717) is 19.2 Å². The van der Waals surface area contributed by atoms with Crippen molar-refractivity contribution in [1.82, 2.24) is 15.5 Å². The predicted molar refractivity (Wildman–Crippen MR) is 85.8 cm³/mol. The lowest BCUT2D eigenvalue weighted by Crippen LogP contribution is -2.48. The Bertz CT molecular complexity index is 464. The number of amides is 2. The number of hydrogen-bond acceptors (Lipinski definition) is 4. The van der Waals surface area contributed by atoms with Crippen molar-refractivity contribution >= 4 is 17.4 Å². The molecule has 0 aliphatic carbocycles. The molecule has 1 aromatic heterocycles. The number of ether oxygens (including phenoxy) is 1. The van der Waals surface area contributed by atoms with Crippen LogP contribution in [0.15, 0.2) is 11.4 Å². The minimum atomic E-state index is -0.125. The molecule has 0 bridgehead atoms. The number of carbonyl (C=O) groups is 1. The lowest BCUT2D eigenvalue weighted by molar-refractivity contribution is 0.167. The van der Waals surface area contributed by atoms with Crippen molar-refractivity contribution in [1.29, 1.82) is 0 Å². The molecule has 5 nitrogen and oxygen atoms in total. The Morgan fingerprint density at radius 2 is 2.33 bits per heavy atom. The summed E-state index contributed by atoms with van der Waals surface area (Å²) in [6.07, 6.45) is 1.12. The zero-order valence-corrected chi connectivity index (χ0v) is 13.8. The Morgan fingerprint density at radius 1 is 1.52 bits per heavy atom. The quantitative estimate of drug-likeness (QED) is 0.843. The third kappa shape index (κ3) is 4.69. The molecule has 0 radical (unpaired) electrons. The molecule has 2 atom stereocenters. The third-order valence-corrected chi connectivity index (χ3v) is 4.84. The maximum Gasteiger partial charge on any atom is 0.315 e. The van der Waals surface area contributed by atoms with Gasteiger partial charge in [-0.15, -0.1) is 11.3 Å². The average molecular weight is 311 g/mol. The molecule has 0 fully saturated rings. The molecule has 2 rings (SSSR count). The van der Waals surface area contributed by atoms with E-state index in [2.05, 4.69) is 33.9 Å². The molecule has 0 spiro atoms. The lowest BCUT2D eigenvalue weighted by Gasteiger charge is -2.32. The molecule has 0 saturated carbocycles. The first-order valence-electron chi connectivity index (χ1n) is 7.42. The molecular weight excluding hydrogens is 286 g/mol. The number of carbonyl (C=O) groups excluding carboxylic acids is 1. The van der Waals surface area contributed by atoms with Crippen molar-refractivity contribution in [3.63, 3.8) is 0 Å². The van der Waals surface area contributed by atoms with Gasteiger partial charge in [-0.05, 0) is 37.3 Å². The molecule has 118 valence electrons. The largest absolute Gasteiger partial charge is 0.383 e. The summed E-state index contributed by atoms with van der Waals surface area (Å²) in [5.41, 5.74) is 1.44. The third-order valence-electron chi connectivity index (χ3n) is 3.81. The van der Waals surface area contributed by atoms with Crippen LogP contribution >= 0.6 is 11.3 Å². The van der Waals surface area contributed by atoms with Gasteiger partial charge in [0, 0.05) is 37.7 Å². The standard InChI is InChI=1S/C15H25N3O2S/c1-11(10-20-3)17-15(19)16-8-12(2)18-6-4-14-13(9-18)5-7-21-14/h5,7,11-12H,4,6,8-10H2,1-3H3,(H2,16,17,19)/t11-,12-/m1/s1. The van der Waals surface area contributed by atoms with Crippen LogP contribution in [0.2, 0.25) is 0 Å². The van der Waals surface area contributed by atoms with Gasteiger partial charge < -0.3 is 15.4 Å². The Hall–Kier alpha value is -1.11. The van der Waals surface area contributed by atoms with Crippen molar-refractivity contribution in [2.24, 2.45) is 0 Å². The Balaban J connectivity index is 1.72. The number of rotatable bonds is 6.